The molecule has 112 valence electrons. The Hall–Kier alpha value is -0.630. The van der Waals surface area contributed by atoms with Crippen molar-refractivity contribution >= 4 is 21.8 Å². The number of thioether (sulfide) groups is 1. The van der Waals surface area contributed by atoms with Crippen molar-refractivity contribution in [2.75, 3.05) is 25.1 Å². The quantitative estimate of drug-likeness (QED) is 0.787. The maximum absolute atomic E-state index is 13.7. The van der Waals surface area contributed by atoms with Gasteiger partial charge in [-0.25, -0.2) is 17.5 Å². The van der Waals surface area contributed by atoms with Crippen LogP contribution in [-0.4, -0.2) is 33.5 Å². The Morgan fingerprint density at radius 1 is 1.40 bits per heavy atom. The molecule has 1 unspecified atom stereocenters. The van der Waals surface area contributed by atoms with Gasteiger partial charge in [0.25, 0.3) is 0 Å². The van der Waals surface area contributed by atoms with E-state index in [2.05, 4.69) is 10.0 Å². The minimum absolute atomic E-state index is 0.153. The van der Waals surface area contributed by atoms with Gasteiger partial charge < -0.3 is 5.32 Å². The highest BCUT2D eigenvalue weighted by Gasteiger charge is 2.22. The van der Waals surface area contributed by atoms with Crippen molar-refractivity contribution in [2.24, 2.45) is 0 Å². The second kappa shape index (κ2) is 6.89. The van der Waals surface area contributed by atoms with Crippen molar-refractivity contribution in [3.8, 4) is 0 Å². The summed E-state index contributed by atoms with van der Waals surface area (Å²) in [7, 11) is -3.11. The molecule has 0 spiro atoms. The number of hydrogen-bond donors (Lipinski definition) is 2. The Balaban J connectivity index is 1.85. The number of benzene rings is 1. The van der Waals surface area contributed by atoms with E-state index in [1.165, 1.54) is 6.07 Å². The van der Waals surface area contributed by atoms with Gasteiger partial charge in [-0.3, -0.25) is 0 Å². The summed E-state index contributed by atoms with van der Waals surface area (Å²) in [6, 6.07) is 5.33. The topological polar surface area (TPSA) is 58.2 Å². The van der Waals surface area contributed by atoms with Crippen LogP contribution >= 0.6 is 11.8 Å². The summed E-state index contributed by atoms with van der Waals surface area (Å²) in [5.41, 5.74) is 1.01. The number of halogens is 1. The van der Waals surface area contributed by atoms with Crippen molar-refractivity contribution in [3.05, 3.63) is 29.6 Å². The highest BCUT2D eigenvalue weighted by Crippen LogP contribution is 2.37. The van der Waals surface area contributed by atoms with Crippen molar-refractivity contribution in [3.63, 3.8) is 0 Å². The van der Waals surface area contributed by atoms with Crippen LogP contribution in [0.1, 0.15) is 24.4 Å². The third kappa shape index (κ3) is 4.44. The van der Waals surface area contributed by atoms with Crippen molar-refractivity contribution in [1.82, 2.24) is 10.0 Å². The van der Waals surface area contributed by atoms with Gasteiger partial charge in [0.1, 0.15) is 5.82 Å². The zero-order valence-electron chi connectivity index (χ0n) is 11.4. The minimum atomic E-state index is -3.11. The van der Waals surface area contributed by atoms with Gasteiger partial charge in [0.05, 0.1) is 6.26 Å². The normalized spacial score (nSPS) is 18.8. The van der Waals surface area contributed by atoms with Crippen LogP contribution < -0.4 is 10.0 Å². The predicted octanol–water partition coefficient (Wildman–Crippen LogP) is 1.89. The van der Waals surface area contributed by atoms with E-state index in [-0.39, 0.29) is 11.9 Å². The van der Waals surface area contributed by atoms with Gasteiger partial charge >= 0.3 is 0 Å². The first-order chi connectivity index (χ1) is 9.47. The van der Waals surface area contributed by atoms with Gasteiger partial charge in [0, 0.05) is 17.5 Å². The second-order valence-electron chi connectivity index (χ2n) is 4.82. The Bertz CT molecular complexity index is 563. The molecule has 1 heterocycles. The minimum Gasteiger partial charge on any atom is -0.310 e. The van der Waals surface area contributed by atoms with Crippen LogP contribution in [0.25, 0.3) is 0 Å². The van der Waals surface area contributed by atoms with E-state index in [0.29, 0.717) is 19.5 Å². The monoisotopic (exact) mass is 318 g/mol. The molecule has 0 saturated carbocycles. The number of hydrogen-bond acceptors (Lipinski definition) is 4. The molecule has 20 heavy (non-hydrogen) atoms. The lowest BCUT2D eigenvalue weighted by atomic mass is 10.0. The third-order valence-corrected chi connectivity index (χ3v) is 5.02. The van der Waals surface area contributed by atoms with Gasteiger partial charge in [-0.05, 0) is 36.8 Å². The second-order valence-corrected chi connectivity index (χ2v) is 7.76. The summed E-state index contributed by atoms with van der Waals surface area (Å²) in [5.74, 6) is 0.741. The number of fused-ring (bicyclic) bond motifs is 1. The summed E-state index contributed by atoms with van der Waals surface area (Å²) >= 11 is 1.56. The maximum Gasteiger partial charge on any atom is 0.208 e. The molecule has 1 atom stereocenters. The van der Waals surface area contributed by atoms with E-state index < -0.39 is 10.0 Å². The molecule has 1 aromatic carbocycles. The fourth-order valence-corrected chi connectivity index (χ4v) is 3.88. The largest absolute Gasteiger partial charge is 0.310 e. The lowest BCUT2D eigenvalue weighted by Crippen LogP contribution is -2.29. The van der Waals surface area contributed by atoms with Crippen LogP contribution in [0.3, 0.4) is 0 Å². The Kier molecular flexibility index (Phi) is 5.42. The first-order valence-corrected chi connectivity index (χ1v) is 9.44. The molecular formula is C13H19FN2O2S2. The fourth-order valence-electron chi connectivity index (χ4n) is 2.22. The van der Waals surface area contributed by atoms with E-state index in [0.717, 1.165) is 28.9 Å². The van der Waals surface area contributed by atoms with Crippen molar-refractivity contribution in [2.45, 2.75) is 23.8 Å². The first-order valence-electron chi connectivity index (χ1n) is 6.56. The molecule has 0 radical (unpaired) electrons. The highest BCUT2D eigenvalue weighted by atomic mass is 32.2. The molecule has 1 aromatic rings. The maximum atomic E-state index is 13.7. The van der Waals surface area contributed by atoms with E-state index in [1.807, 2.05) is 6.07 Å². The SMILES string of the molecule is CS(=O)(=O)NCCCNC1CCSc2c(F)cccc21. The molecule has 1 aliphatic rings. The summed E-state index contributed by atoms with van der Waals surface area (Å²) < 4.78 is 38.0. The fraction of sp³-hybridized carbons (Fsp3) is 0.538. The summed E-state index contributed by atoms with van der Waals surface area (Å²) in [6.45, 7) is 1.12. The smallest absolute Gasteiger partial charge is 0.208 e. The van der Waals surface area contributed by atoms with E-state index >= 15 is 0 Å². The Morgan fingerprint density at radius 3 is 2.95 bits per heavy atom. The molecule has 1 aliphatic heterocycles. The molecule has 0 bridgehead atoms. The lowest BCUT2D eigenvalue weighted by molar-refractivity contribution is 0.489. The van der Waals surface area contributed by atoms with E-state index in [9.17, 15) is 12.8 Å². The number of nitrogens with one attached hydrogen (secondary N) is 2. The van der Waals surface area contributed by atoms with Gasteiger partial charge in [0.2, 0.25) is 10.0 Å². The molecule has 0 aromatic heterocycles. The molecule has 0 amide bonds. The molecule has 2 N–H and O–H groups in total. The highest BCUT2D eigenvalue weighted by molar-refractivity contribution is 7.99. The molecule has 0 saturated heterocycles. The third-order valence-electron chi connectivity index (χ3n) is 3.13. The molecule has 0 aliphatic carbocycles. The summed E-state index contributed by atoms with van der Waals surface area (Å²) in [4.78, 5) is 0.741. The first kappa shape index (κ1) is 15.8. The van der Waals surface area contributed by atoms with Crippen LogP contribution in [0.2, 0.25) is 0 Å². The van der Waals surface area contributed by atoms with Gasteiger partial charge in [0.15, 0.2) is 0 Å². The van der Waals surface area contributed by atoms with Crippen LogP contribution in [0.5, 0.6) is 0 Å². The van der Waals surface area contributed by atoms with Crippen molar-refractivity contribution in [1.29, 1.82) is 0 Å². The van der Waals surface area contributed by atoms with Crippen LogP contribution in [0.4, 0.5) is 4.39 Å². The number of rotatable bonds is 6. The zero-order chi connectivity index (χ0) is 14.6. The predicted molar refractivity (Wildman–Crippen MR) is 79.9 cm³/mol. The Morgan fingerprint density at radius 2 is 2.20 bits per heavy atom. The molecular weight excluding hydrogens is 299 g/mol. The van der Waals surface area contributed by atoms with E-state index in [4.69, 9.17) is 0 Å². The van der Waals surface area contributed by atoms with Gasteiger partial charge in [-0.15, -0.1) is 11.8 Å². The van der Waals surface area contributed by atoms with Crippen molar-refractivity contribution < 1.29 is 12.8 Å². The zero-order valence-corrected chi connectivity index (χ0v) is 13.0. The van der Waals surface area contributed by atoms with Gasteiger partial charge in [-0.2, -0.15) is 0 Å². The standard InChI is InChI=1S/C13H19FN2O2S2/c1-20(17,18)16-8-3-7-15-12-6-9-19-13-10(12)4-2-5-11(13)14/h2,4-5,12,15-16H,3,6-9H2,1H3. The molecule has 4 nitrogen and oxygen atoms in total. The number of sulfonamides is 1. The molecule has 2 rings (SSSR count). The molecule has 0 fully saturated rings. The van der Waals surface area contributed by atoms with Crippen LogP contribution in [0, 0.1) is 5.82 Å². The average molecular weight is 318 g/mol. The lowest BCUT2D eigenvalue weighted by Gasteiger charge is -2.26. The van der Waals surface area contributed by atoms with E-state index in [1.54, 1.807) is 17.8 Å². The summed E-state index contributed by atoms with van der Waals surface area (Å²) in [6.07, 6.45) is 2.82. The van der Waals surface area contributed by atoms with Gasteiger partial charge in [-0.1, -0.05) is 12.1 Å². The summed E-state index contributed by atoms with van der Waals surface area (Å²) in [5, 5.41) is 3.38. The van der Waals surface area contributed by atoms with Crippen LogP contribution in [0.15, 0.2) is 23.1 Å². The average Bonchev–Trinajstić information content (AvgIpc) is 2.38. The Labute approximate surface area is 123 Å². The molecule has 7 heteroatoms. The van der Waals surface area contributed by atoms with Crippen LogP contribution in [-0.2, 0) is 10.0 Å².